The molecule has 5 rings (SSSR count). The van der Waals surface area contributed by atoms with Crippen molar-refractivity contribution in [2.75, 3.05) is 40.1 Å². The van der Waals surface area contributed by atoms with Crippen LogP contribution in [0.5, 0.6) is 5.75 Å². The molecule has 2 amide bonds. The second-order valence-corrected chi connectivity index (χ2v) is 11.5. The van der Waals surface area contributed by atoms with Crippen LogP contribution in [0.15, 0.2) is 59.1 Å². The van der Waals surface area contributed by atoms with E-state index in [2.05, 4.69) is 5.32 Å². The Morgan fingerprint density at radius 2 is 1.73 bits per heavy atom. The van der Waals surface area contributed by atoms with E-state index >= 15 is 0 Å². The molecule has 0 aliphatic heterocycles. The van der Waals surface area contributed by atoms with Crippen LogP contribution in [0.2, 0.25) is 0 Å². The van der Waals surface area contributed by atoms with E-state index in [9.17, 15) is 39.6 Å². The van der Waals surface area contributed by atoms with Gasteiger partial charge in [0.2, 0.25) is 11.7 Å². The molecule has 13 heteroatoms. The quantitative estimate of drug-likeness (QED) is 0.195. The number of fused-ring (bicyclic) bond motifs is 3. The minimum absolute atomic E-state index is 0.0122. The summed E-state index contributed by atoms with van der Waals surface area (Å²) in [6.45, 7) is 0.0176. The van der Waals surface area contributed by atoms with Gasteiger partial charge < -0.3 is 36.3 Å². The van der Waals surface area contributed by atoms with Gasteiger partial charge in [-0.25, -0.2) is 0 Å². The Kier molecular flexibility index (Phi) is 7.84. The number of nitrogens with two attached hydrogens (primary N) is 1. The van der Waals surface area contributed by atoms with Gasteiger partial charge in [0.15, 0.2) is 11.4 Å². The number of ketones is 2. The third kappa shape index (κ3) is 4.74. The molecule has 3 aliphatic rings. The van der Waals surface area contributed by atoms with E-state index in [1.165, 1.54) is 23.1 Å². The number of primary amides is 1. The van der Waals surface area contributed by atoms with Crippen LogP contribution in [0.1, 0.15) is 22.3 Å². The lowest BCUT2D eigenvalue weighted by atomic mass is 9.58. The Balaban J connectivity index is 1.56. The van der Waals surface area contributed by atoms with E-state index < -0.39 is 58.0 Å². The van der Waals surface area contributed by atoms with Gasteiger partial charge in [0.1, 0.15) is 29.4 Å². The van der Waals surface area contributed by atoms with Crippen molar-refractivity contribution in [1.29, 1.82) is 0 Å². The van der Waals surface area contributed by atoms with Crippen LogP contribution >= 0.6 is 0 Å². The van der Waals surface area contributed by atoms with Gasteiger partial charge in [0, 0.05) is 24.2 Å². The molecule has 3 aliphatic carbocycles. The monoisotopic (exact) mass is 606 g/mol. The summed E-state index contributed by atoms with van der Waals surface area (Å²) in [4.78, 5) is 58.2. The molecule has 0 spiro atoms. The van der Waals surface area contributed by atoms with E-state index in [4.69, 9.17) is 10.6 Å². The molecule has 232 valence electrons. The highest BCUT2D eigenvalue weighted by molar-refractivity contribution is 6.25. The number of hydrogen-bond donors (Lipinski definition) is 6. The zero-order chi connectivity index (χ0) is 32.2. The lowest BCUT2D eigenvalue weighted by Crippen LogP contribution is -2.63. The lowest BCUT2D eigenvalue weighted by Gasteiger charge is -2.50. The largest absolute Gasteiger partial charge is 0.510 e. The standard InChI is InChI=1S/C31H34N4O9/c1-34(2)25-19-12-15-11-18-17(14-5-7-16(8-6-14)33-21(37)13-35(3)44-4)9-10-20(36)23(18)26(38)22(15)28(40)31(19,43)29(41)24(27(25)39)30(32)42/h5-10,15,19,25,36,39-40,43H,11-13H2,1-4H3,(H2,32,42)(H,33,37)/t15-,19-,25-,31-/m0/s1. The summed E-state index contributed by atoms with van der Waals surface area (Å²) >= 11 is 0. The average molecular weight is 607 g/mol. The van der Waals surface area contributed by atoms with Crippen molar-refractivity contribution >= 4 is 29.1 Å². The number of carbonyl (C=O) groups excluding carboxylic acids is 4. The molecule has 2 aromatic carbocycles. The number of Topliss-reactive ketones (excluding diaryl/α,β-unsaturated/α-hetero) is 2. The Labute approximate surface area is 252 Å². The molecule has 0 fully saturated rings. The molecule has 0 radical (unpaired) electrons. The summed E-state index contributed by atoms with van der Waals surface area (Å²) in [5.41, 5.74) is 3.88. The summed E-state index contributed by atoms with van der Waals surface area (Å²) in [6.07, 6.45) is 0.141. The Hall–Kier alpha value is -4.56. The first-order chi connectivity index (χ1) is 20.7. The zero-order valence-electron chi connectivity index (χ0n) is 24.6. The highest BCUT2D eigenvalue weighted by atomic mass is 16.7. The molecule has 0 aromatic heterocycles. The molecule has 2 aromatic rings. The predicted octanol–water partition coefficient (Wildman–Crippen LogP) is 1.22. The first kappa shape index (κ1) is 30.9. The molecular formula is C31H34N4O9. The molecule has 0 saturated heterocycles. The number of allylic oxidation sites excluding steroid dienone is 1. The number of hydroxylamine groups is 2. The van der Waals surface area contributed by atoms with E-state index in [0.29, 0.717) is 22.4 Å². The Morgan fingerprint density at radius 3 is 2.32 bits per heavy atom. The van der Waals surface area contributed by atoms with Crippen molar-refractivity contribution in [3.63, 3.8) is 0 Å². The zero-order valence-corrected chi connectivity index (χ0v) is 24.6. The predicted molar refractivity (Wildman–Crippen MR) is 157 cm³/mol. The molecule has 0 bridgehead atoms. The minimum Gasteiger partial charge on any atom is -0.510 e. The van der Waals surface area contributed by atoms with E-state index in [0.717, 1.165) is 0 Å². The number of nitrogens with zero attached hydrogens (tertiary/aromatic N) is 2. The highest BCUT2D eigenvalue weighted by Crippen LogP contribution is 2.53. The van der Waals surface area contributed by atoms with Crippen molar-refractivity contribution in [1.82, 2.24) is 9.96 Å². The molecule has 7 N–H and O–H groups in total. The van der Waals surface area contributed by atoms with Gasteiger partial charge in [-0.1, -0.05) is 18.2 Å². The van der Waals surface area contributed by atoms with Crippen molar-refractivity contribution in [2.45, 2.75) is 24.5 Å². The van der Waals surface area contributed by atoms with Gasteiger partial charge >= 0.3 is 0 Å². The van der Waals surface area contributed by atoms with Crippen LogP contribution < -0.4 is 11.1 Å². The van der Waals surface area contributed by atoms with Gasteiger partial charge in [-0.2, -0.15) is 5.06 Å². The number of hydrogen-bond acceptors (Lipinski definition) is 11. The summed E-state index contributed by atoms with van der Waals surface area (Å²) in [5.74, 6) is -7.31. The Morgan fingerprint density at radius 1 is 1.07 bits per heavy atom. The number of aromatic hydroxyl groups is 1. The van der Waals surface area contributed by atoms with Gasteiger partial charge in [0.25, 0.3) is 5.91 Å². The van der Waals surface area contributed by atoms with Crippen LogP contribution in [0.4, 0.5) is 5.69 Å². The number of amides is 2. The van der Waals surface area contributed by atoms with E-state index in [1.807, 2.05) is 0 Å². The molecule has 44 heavy (non-hydrogen) atoms. The van der Waals surface area contributed by atoms with Crippen LogP contribution in [0.3, 0.4) is 0 Å². The number of anilines is 1. The van der Waals surface area contributed by atoms with Crippen molar-refractivity contribution in [3.05, 3.63) is 70.2 Å². The average Bonchev–Trinajstić information content (AvgIpc) is 2.95. The van der Waals surface area contributed by atoms with Gasteiger partial charge in [0.05, 0.1) is 18.7 Å². The summed E-state index contributed by atoms with van der Waals surface area (Å²) in [7, 11) is 6.22. The number of aliphatic hydroxyl groups is 3. The van der Waals surface area contributed by atoms with Gasteiger partial charge in [-0.15, -0.1) is 0 Å². The number of likely N-dealkylation sites (N-methyl/N-ethyl adjacent to an activating group) is 2. The molecule has 0 unspecified atom stereocenters. The van der Waals surface area contributed by atoms with Crippen molar-refractivity contribution in [3.8, 4) is 16.9 Å². The topological polar surface area (TPSA) is 203 Å². The fraction of sp³-hybridized carbons (Fsp3) is 0.355. The van der Waals surface area contributed by atoms with Gasteiger partial charge in [-0.05, 0) is 67.7 Å². The maximum atomic E-state index is 13.9. The third-order valence-corrected chi connectivity index (χ3v) is 8.76. The third-order valence-electron chi connectivity index (χ3n) is 8.76. The van der Waals surface area contributed by atoms with E-state index in [-0.39, 0.29) is 42.2 Å². The first-order valence-corrected chi connectivity index (χ1v) is 13.9. The summed E-state index contributed by atoms with van der Waals surface area (Å²) in [5, 5.41) is 49.1. The fourth-order valence-electron chi connectivity index (χ4n) is 6.72. The first-order valence-electron chi connectivity index (χ1n) is 13.9. The van der Waals surface area contributed by atoms with Crippen LogP contribution in [-0.2, 0) is 25.6 Å². The maximum absolute atomic E-state index is 13.9. The number of carbonyl (C=O) groups is 4. The second kappa shape index (κ2) is 11.2. The van der Waals surface area contributed by atoms with Crippen LogP contribution in [0.25, 0.3) is 11.1 Å². The number of aliphatic hydroxyl groups excluding tert-OH is 2. The van der Waals surface area contributed by atoms with Crippen LogP contribution in [0, 0.1) is 11.8 Å². The number of phenolic OH excluding ortho intramolecular Hbond substituents is 1. The molecule has 0 heterocycles. The lowest BCUT2D eigenvalue weighted by molar-refractivity contribution is -0.148. The fourth-order valence-corrected chi connectivity index (χ4v) is 6.72. The number of nitrogens with one attached hydrogen (secondary N) is 1. The number of benzene rings is 2. The molecule has 0 saturated carbocycles. The summed E-state index contributed by atoms with van der Waals surface area (Å²) in [6, 6.07) is 8.84. The van der Waals surface area contributed by atoms with Gasteiger partial charge in [-0.3, -0.25) is 24.1 Å². The smallest absolute Gasteiger partial charge is 0.255 e. The minimum atomic E-state index is -2.70. The van der Waals surface area contributed by atoms with Crippen molar-refractivity contribution in [2.24, 2.45) is 17.6 Å². The van der Waals surface area contributed by atoms with Crippen LogP contribution in [-0.4, -0.2) is 100 Å². The Bertz CT molecular complexity index is 1650. The van der Waals surface area contributed by atoms with Crippen molar-refractivity contribution < 1.29 is 44.4 Å². The number of rotatable bonds is 7. The molecule has 4 atom stereocenters. The molecule has 13 nitrogen and oxygen atoms in total. The molecular weight excluding hydrogens is 572 g/mol. The SMILES string of the molecule is CON(C)CC(=O)Nc1ccc(-c2ccc(O)c3c2C[C@H]2C[C@H]4[C@H](N(C)C)C(O)=C(C(N)=O)C(=O)[C@@]4(O)C(O)=C2C3=O)cc1. The van der Waals surface area contributed by atoms with E-state index in [1.54, 1.807) is 51.5 Å². The maximum Gasteiger partial charge on any atom is 0.255 e. The normalized spacial score (nSPS) is 24.8. The highest BCUT2D eigenvalue weighted by Gasteiger charge is 2.63. The summed E-state index contributed by atoms with van der Waals surface area (Å²) < 4.78 is 0. The second-order valence-electron chi connectivity index (χ2n) is 11.5. The number of phenols is 1.